The van der Waals surface area contributed by atoms with Crippen LogP contribution in [0.4, 0.5) is 8.78 Å². The van der Waals surface area contributed by atoms with Crippen molar-refractivity contribution in [2.45, 2.75) is 32.4 Å². The number of H-pyrrole nitrogens is 1. The Bertz CT molecular complexity index is 989. The number of carbonyl (C=O) groups is 1. The predicted octanol–water partition coefficient (Wildman–Crippen LogP) is 3.03. The maximum Gasteiger partial charge on any atom is 0.252 e. The van der Waals surface area contributed by atoms with Gasteiger partial charge in [0.1, 0.15) is 11.6 Å². The Morgan fingerprint density at radius 1 is 1.42 bits per heavy atom. The van der Waals surface area contributed by atoms with Crippen LogP contribution in [0, 0.1) is 19.2 Å². The van der Waals surface area contributed by atoms with Crippen LogP contribution in [0.5, 0.6) is 0 Å². The number of carbonyl (C=O) groups excluding carboxylic acids is 1. The highest BCUT2D eigenvalue weighted by molar-refractivity contribution is 5.86. The standard InChI is InChI=1S/C19H18F2N3O2.2H2/c1-10-13(19(26)24-16-5-3-4-14(21)18(10)16)8-17(25)23-11(2)15-7-6-12(20)9-22-15;;/h3-7,9,11,15H,8H2,1-2H3,(H,23,25)(H,24,26);2*1H/t11-,15?;;/m1../s1. The van der Waals surface area contributed by atoms with Gasteiger partial charge < -0.3 is 10.3 Å². The Balaban J connectivity index is 0.00000196. The summed E-state index contributed by atoms with van der Waals surface area (Å²) in [6.07, 6.45) is 3.77. The quantitative estimate of drug-likeness (QED) is 0.877. The van der Waals surface area contributed by atoms with Crippen LogP contribution in [0.3, 0.4) is 0 Å². The number of dihydropyridines is 1. The number of allylic oxidation sites excluding steroid dienone is 1. The van der Waals surface area contributed by atoms with Crippen LogP contribution < -0.4 is 10.9 Å². The summed E-state index contributed by atoms with van der Waals surface area (Å²) in [4.78, 5) is 31.2. The normalized spacial score (nSPS) is 17.8. The summed E-state index contributed by atoms with van der Waals surface area (Å²) < 4.78 is 27.0. The molecule has 5 nitrogen and oxygen atoms in total. The van der Waals surface area contributed by atoms with E-state index in [0.717, 1.165) is 6.21 Å². The molecule has 139 valence electrons. The van der Waals surface area contributed by atoms with Crippen LogP contribution in [0.15, 0.2) is 39.9 Å². The van der Waals surface area contributed by atoms with E-state index in [4.69, 9.17) is 0 Å². The van der Waals surface area contributed by atoms with E-state index in [1.54, 1.807) is 26.3 Å². The molecule has 1 aromatic carbocycles. The van der Waals surface area contributed by atoms with E-state index < -0.39 is 17.2 Å². The van der Waals surface area contributed by atoms with E-state index in [1.807, 2.05) is 0 Å². The number of nitrogens with one attached hydrogen (secondary N) is 2. The number of nitrogens with zero attached hydrogens (tertiary/aromatic N) is 1. The summed E-state index contributed by atoms with van der Waals surface area (Å²) in [5.41, 5.74) is 0.631. The lowest BCUT2D eigenvalue weighted by molar-refractivity contribution is -0.121. The largest absolute Gasteiger partial charge is 0.351 e. The molecule has 2 aromatic rings. The van der Waals surface area contributed by atoms with Gasteiger partial charge in [-0.3, -0.25) is 14.6 Å². The molecule has 7 heteroatoms. The molecule has 1 aliphatic heterocycles. The minimum absolute atomic E-state index is 0. The Morgan fingerprint density at radius 3 is 2.88 bits per heavy atom. The maximum absolute atomic E-state index is 14.1. The van der Waals surface area contributed by atoms with Gasteiger partial charge in [-0.1, -0.05) is 6.07 Å². The summed E-state index contributed by atoms with van der Waals surface area (Å²) in [6, 6.07) is 3.68. The van der Waals surface area contributed by atoms with Crippen LogP contribution in [-0.2, 0) is 11.2 Å². The van der Waals surface area contributed by atoms with E-state index in [-0.39, 0.29) is 32.8 Å². The number of hydrogen-bond donors (Lipinski definition) is 2. The van der Waals surface area contributed by atoms with Crippen molar-refractivity contribution in [1.82, 2.24) is 10.3 Å². The molecule has 3 rings (SSSR count). The van der Waals surface area contributed by atoms with Crippen LogP contribution >= 0.6 is 0 Å². The Labute approximate surface area is 151 Å². The van der Waals surface area contributed by atoms with Crippen molar-refractivity contribution in [2.75, 3.05) is 0 Å². The first-order valence-corrected chi connectivity index (χ1v) is 8.20. The fourth-order valence-electron chi connectivity index (χ4n) is 3.03. The van der Waals surface area contributed by atoms with E-state index in [0.29, 0.717) is 16.5 Å². The topological polar surface area (TPSA) is 74.3 Å². The third kappa shape index (κ3) is 3.56. The van der Waals surface area contributed by atoms with Gasteiger partial charge in [-0.25, -0.2) is 8.78 Å². The van der Waals surface area contributed by atoms with Crippen LogP contribution in [0.25, 0.3) is 10.9 Å². The lowest BCUT2D eigenvalue weighted by atomic mass is 10.0. The number of fused-ring (bicyclic) bond motifs is 1. The first-order valence-electron chi connectivity index (χ1n) is 8.20. The predicted molar refractivity (Wildman–Crippen MR) is 101 cm³/mol. The molecule has 2 heterocycles. The van der Waals surface area contributed by atoms with Gasteiger partial charge in [0, 0.05) is 26.3 Å². The summed E-state index contributed by atoms with van der Waals surface area (Å²) in [6.45, 7) is 3.37. The number of halogens is 2. The Hall–Kier alpha value is -2.83. The molecule has 0 bridgehead atoms. The Morgan fingerprint density at radius 2 is 2.19 bits per heavy atom. The molecule has 1 unspecified atom stereocenters. The second-order valence-corrected chi connectivity index (χ2v) is 6.27. The summed E-state index contributed by atoms with van der Waals surface area (Å²) in [5.74, 6) is -1.29. The molecule has 1 aromatic heterocycles. The van der Waals surface area contributed by atoms with Gasteiger partial charge in [0.15, 0.2) is 0 Å². The highest BCUT2D eigenvalue weighted by Crippen LogP contribution is 2.21. The highest BCUT2D eigenvalue weighted by atomic mass is 19.1. The lowest BCUT2D eigenvalue weighted by Crippen LogP contribution is -2.42. The average Bonchev–Trinajstić information content (AvgIpc) is 2.59. The zero-order chi connectivity index (χ0) is 18.8. The fourth-order valence-corrected chi connectivity index (χ4v) is 3.03. The minimum atomic E-state index is -0.453. The fraction of sp³-hybridized carbons (Fsp3) is 0.263. The molecule has 0 saturated carbocycles. The third-order valence-corrected chi connectivity index (χ3v) is 4.42. The molecule has 0 fully saturated rings. The number of benzene rings is 1. The zero-order valence-corrected chi connectivity index (χ0v) is 14.3. The zero-order valence-electron chi connectivity index (χ0n) is 14.3. The number of aliphatic imine (C=N–C) groups is 1. The Kier molecular flexibility index (Phi) is 4.97. The molecular formula is C19H22F2N3O2. The van der Waals surface area contributed by atoms with Gasteiger partial charge >= 0.3 is 0 Å². The smallest absolute Gasteiger partial charge is 0.252 e. The summed E-state index contributed by atoms with van der Waals surface area (Å²) in [5, 5.41) is 3.05. The van der Waals surface area contributed by atoms with Crippen molar-refractivity contribution in [1.29, 1.82) is 0 Å². The van der Waals surface area contributed by atoms with Crippen molar-refractivity contribution in [3.8, 4) is 0 Å². The monoisotopic (exact) mass is 362 g/mol. The molecule has 2 N–H and O–H groups in total. The number of aryl methyl sites for hydroxylation is 1. The van der Waals surface area contributed by atoms with Crippen molar-refractivity contribution < 1.29 is 16.4 Å². The van der Waals surface area contributed by atoms with Crippen LogP contribution in [-0.4, -0.2) is 29.2 Å². The van der Waals surface area contributed by atoms with Gasteiger partial charge in [-0.15, -0.1) is 0 Å². The number of pyridine rings is 1. The van der Waals surface area contributed by atoms with Crippen molar-refractivity contribution in [3.63, 3.8) is 0 Å². The SMILES string of the molecule is Cc1c(CC(=O)N[C@H](C)C2[CH]C=C(F)C=N2)c(=O)[nH]c2cccc(F)c12.[HH].[HH]. The highest BCUT2D eigenvalue weighted by Gasteiger charge is 2.21. The molecule has 1 amide bonds. The van der Waals surface area contributed by atoms with E-state index in [2.05, 4.69) is 15.3 Å². The molecule has 1 aliphatic rings. The van der Waals surface area contributed by atoms with Crippen molar-refractivity contribution in [3.05, 3.63) is 63.8 Å². The molecule has 0 aliphatic carbocycles. The van der Waals surface area contributed by atoms with Gasteiger partial charge in [0.05, 0.1) is 24.2 Å². The first kappa shape index (κ1) is 18.0. The molecular weight excluding hydrogens is 340 g/mol. The van der Waals surface area contributed by atoms with Gasteiger partial charge in [-0.2, -0.15) is 0 Å². The van der Waals surface area contributed by atoms with E-state index >= 15 is 0 Å². The van der Waals surface area contributed by atoms with Gasteiger partial charge in [-0.05, 0) is 37.6 Å². The van der Waals surface area contributed by atoms with Crippen LogP contribution in [0.1, 0.15) is 20.9 Å². The van der Waals surface area contributed by atoms with Gasteiger partial charge in [0.25, 0.3) is 5.56 Å². The number of aromatic amines is 1. The molecule has 1 radical (unpaired) electrons. The van der Waals surface area contributed by atoms with E-state index in [9.17, 15) is 18.4 Å². The average molecular weight is 362 g/mol. The number of hydrogen-bond acceptors (Lipinski definition) is 3. The molecule has 26 heavy (non-hydrogen) atoms. The third-order valence-electron chi connectivity index (χ3n) is 4.42. The molecule has 0 spiro atoms. The van der Waals surface area contributed by atoms with Gasteiger partial charge in [0.2, 0.25) is 5.91 Å². The molecule has 0 saturated heterocycles. The lowest BCUT2D eigenvalue weighted by Gasteiger charge is -2.22. The van der Waals surface area contributed by atoms with Crippen LogP contribution in [0.2, 0.25) is 0 Å². The van der Waals surface area contributed by atoms with Crippen molar-refractivity contribution >= 4 is 23.0 Å². The maximum atomic E-state index is 14.1. The number of aromatic nitrogens is 1. The van der Waals surface area contributed by atoms with Crippen molar-refractivity contribution in [2.24, 2.45) is 4.99 Å². The summed E-state index contributed by atoms with van der Waals surface area (Å²) >= 11 is 0. The second kappa shape index (κ2) is 7.19. The molecule has 2 atom stereocenters. The number of rotatable bonds is 4. The van der Waals surface area contributed by atoms with E-state index in [1.165, 1.54) is 18.2 Å². The first-order chi connectivity index (χ1) is 12.4. The minimum Gasteiger partial charge on any atom is -0.351 e. The second-order valence-electron chi connectivity index (χ2n) is 6.27. The number of amides is 1. The summed E-state index contributed by atoms with van der Waals surface area (Å²) in [7, 11) is 0.